The van der Waals surface area contributed by atoms with Crippen molar-refractivity contribution in [2.75, 3.05) is 29.0 Å². The molecule has 1 aromatic carbocycles. The number of pyridine rings is 1. The van der Waals surface area contributed by atoms with Gasteiger partial charge in [0.15, 0.2) is 5.69 Å². The van der Waals surface area contributed by atoms with Gasteiger partial charge in [0, 0.05) is 35.9 Å². The minimum absolute atomic E-state index is 0.0273. The third-order valence-corrected chi connectivity index (χ3v) is 6.02. The number of amides is 1. The van der Waals surface area contributed by atoms with Gasteiger partial charge in [-0.25, -0.2) is 9.37 Å². The number of piperidine rings is 1. The molecule has 30 heavy (non-hydrogen) atoms. The fourth-order valence-electron chi connectivity index (χ4n) is 3.44. The van der Waals surface area contributed by atoms with Gasteiger partial charge >= 0.3 is 0 Å². The van der Waals surface area contributed by atoms with Crippen molar-refractivity contribution in [1.29, 1.82) is 0 Å². The highest BCUT2D eigenvalue weighted by Crippen LogP contribution is 2.34. The van der Waals surface area contributed by atoms with E-state index in [1.807, 2.05) is 6.07 Å². The van der Waals surface area contributed by atoms with E-state index in [1.54, 1.807) is 12.4 Å². The van der Waals surface area contributed by atoms with Crippen molar-refractivity contribution < 1.29 is 9.18 Å². The summed E-state index contributed by atoms with van der Waals surface area (Å²) < 4.78 is 14.2. The molecular weight excluding hydrogens is 427 g/mol. The molecule has 0 saturated carbocycles. The Kier molecular flexibility index (Phi) is 5.85. The van der Waals surface area contributed by atoms with E-state index in [-0.39, 0.29) is 27.3 Å². The number of rotatable bonds is 4. The zero-order valence-corrected chi connectivity index (χ0v) is 17.5. The van der Waals surface area contributed by atoms with Crippen LogP contribution >= 0.6 is 22.9 Å². The lowest BCUT2D eigenvalue weighted by Gasteiger charge is -2.33. The number of halogens is 2. The Balaban J connectivity index is 1.60. The number of hydrogen-bond donors (Lipinski definition) is 3. The molecule has 1 aliphatic rings. The van der Waals surface area contributed by atoms with E-state index in [0.29, 0.717) is 17.3 Å². The number of benzene rings is 1. The standard InChI is InChI=1S/C20H20ClFN6OS/c21-11-3-4-14(22)13(8-11)20-27-17(18(24)30-20)19(29)26-15-9-25-6-5-16(15)28-7-1-2-12(23)10-28/h3-6,8-9,12H,1-2,7,10,23-24H2,(H,26,29). The second kappa shape index (κ2) is 8.55. The Bertz CT molecular complexity index is 1090. The number of nitrogens with two attached hydrogens (primary N) is 2. The first-order valence-corrected chi connectivity index (χ1v) is 10.6. The molecule has 1 atom stereocenters. The lowest BCUT2D eigenvalue weighted by Crippen LogP contribution is -2.43. The van der Waals surface area contributed by atoms with Gasteiger partial charge in [-0.1, -0.05) is 22.9 Å². The molecule has 1 unspecified atom stereocenters. The summed E-state index contributed by atoms with van der Waals surface area (Å²) in [5.41, 5.74) is 13.7. The largest absolute Gasteiger partial charge is 0.389 e. The van der Waals surface area contributed by atoms with E-state index in [1.165, 1.54) is 18.2 Å². The van der Waals surface area contributed by atoms with Crippen molar-refractivity contribution in [1.82, 2.24) is 9.97 Å². The van der Waals surface area contributed by atoms with Gasteiger partial charge in [-0.15, -0.1) is 0 Å². The normalized spacial score (nSPS) is 16.5. The molecule has 10 heteroatoms. The molecule has 1 fully saturated rings. The van der Waals surface area contributed by atoms with Gasteiger partial charge in [0.05, 0.1) is 17.6 Å². The van der Waals surface area contributed by atoms with Crippen LogP contribution in [-0.4, -0.2) is 35.0 Å². The highest BCUT2D eigenvalue weighted by molar-refractivity contribution is 7.19. The van der Waals surface area contributed by atoms with E-state index in [2.05, 4.69) is 20.2 Å². The third-order valence-electron chi connectivity index (χ3n) is 4.87. The zero-order valence-electron chi connectivity index (χ0n) is 15.9. The van der Waals surface area contributed by atoms with Crippen molar-refractivity contribution in [3.05, 3.63) is 53.2 Å². The maximum absolute atomic E-state index is 14.2. The minimum atomic E-state index is -0.493. The van der Waals surface area contributed by atoms with Gasteiger partial charge in [0.2, 0.25) is 0 Å². The quantitative estimate of drug-likeness (QED) is 0.562. The molecule has 3 aromatic rings. The fraction of sp³-hybridized carbons (Fsp3) is 0.250. The number of thiazole rings is 1. The van der Waals surface area contributed by atoms with E-state index < -0.39 is 11.7 Å². The molecule has 1 saturated heterocycles. The first kappa shape index (κ1) is 20.5. The van der Waals surface area contributed by atoms with Crippen molar-refractivity contribution in [2.45, 2.75) is 18.9 Å². The average Bonchev–Trinajstić information content (AvgIpc) is 3.12. The summed E-state index contributed by atoms with van der Waals surface area (Å²) in [5.74, 6) is -0.982. The van der Waals surface area contributed by atoms with Crippen LogP contribution in [0.2, 0.25) is 5.02 Å². The van der Waals surface area contributed by atoms with Crippen molar-refractivity contribution in [3.8, 4) is 10.6 Å². The molecule has 3 heterocycles. The van der Waals surface area contributed by atoms with Crippen LogP contribution in [0.15, 0.2) is 36.7 Å². The highest BCUT2D eigenvalue weighted by Gasteiger charge is 2.23. The maximum Gasteiger partial charge on any atom is 0.277 e. The van der Waals surface area contributed by atoms with Crippen molar-refractivity contribution >= 4 is 45.2 Å². The summed E-state index contributed by atoms with van der Waals surface area (Å²) in [5, 5.41) is 3.67. The minimum Gasteiger partial charge on any atom is -0.389 e. The Hall–Kier alpha value is -2.75. The molecule has 156 valence electrons. The zero-order chi connectivity index (χ0) is 21.3. The molecule has 2 aromatic heterocycles. The summed E-state index contributed by atoms with van der Waals surface area (Å²) in [6.45, 7) is 1.54. The van der Waals surface area contributed by atoms with Crippen LogP contribution in [0, 0.1) is 5.82 Å². The number of nitrogens with zero attached hydrogens (tertiary/aromatic N) is 3. The van der Waals surface area contributed by atoms with Gasteiger partial charge in [-0.05, 0) is 37.1 Å². The predicted octanol–water partition coefficient (Wildman–Crippen LogP) is 3.76. The number of aromatic nitrogens is 2. The van der Waals surface area contributed by atoms with Crippen LogP contribution in [0.25, 0.3) is 10.6 Å². The van der Waals surface area contributed by atoms with Crippen LogP contribution in [-0.2, 0) is 0 Å². The molecule has 0 spiro atoms. The summed E-state index contributed by atoms with van der Waals surface area (Å²) in [4.78, 5) is 23.4. The first-order chi connectivity index (χ1) is 14.4. The molecule has 0 bridgehead atoms. The number of carbonyl (C=O) groups is 1. The fourth-order valence-corrected chi connectivity index (χ4v) is 4.46. The number of nitrogens with one attached hydrogen (secondary N) is 1. The molecule has 5 N–H and O–H groups in total. The van der Waals surface area contributed by atoms with Gasteiger partial charge in [0.25, 0.3) is 5.91 Å². The average molecular weight is 447 g/mol. The SMILES string of the molecule is Nc1sc(-c2cc(Cl)ccc2F)nc1C(=O)Nc1cnccc1N1CCCC(N)C1. The van der Waals surface area contributed by atoms with Crippen LogP contribution in [0.4, 0.5) is 20.8 Å². The summed E-state index contributed by atoms with van der Waals surface area (Å²) in [7, 11) is 0. The molecule has 7 nitrogen and oxygen atoms in total. The summed E-state index contributed by atoms with van der Waals surface area (Å²) in [6, 6.07) is 6.07. The van der Waals surface area contributed by atoms with E-state index in [4.69, 9.17) is 23.1 Å². The van der Waals surface area contributed by atoms with Crippen LogP contribution in [0.3, 0.4) is 0 Å². The van der Waals surface area contributed by atoms with Gasteiger partial charge in [-0.3, -0.25) is 9.78 Å². The molecule has 0 aliphatic carbocycles. The molecule has 1 amide bonds. The summed E-state index contributed by atoms with van der Waals surface area (Å²) in [6.07, 6.45) is 5.20. The third kappa shape index (κ3) is 4.23. The number of hydrogen-bond acceptors (Lipinski definition) is 7. The lowest BCUT2D eigenvalue weighted by molar-refractivity contribution is 0.102. The highest BCUT2D eigenvalue weighted by atomic mass is 35.5. The molecule has 4 rings (SSSR count). The topological polar surface area (TPSA) is 110 Å². The smallest absolute Gasteiger partial charge is 0.277 e. The number of nitrogen functional groups attached to an aromatic ring is 1. The predicted molar refractivity (Wildman–Crippen MR) is 119 cm³/mol. The molecule has 1 aliphatic heterocycles. The summed E-state index contributed by atoms with van der Waals surface area (Å²) >= 11 is 6.99. The lowest BCUT2D eigenvalue weighted by atomic mass is 10.1. The maximum atomic E-state index is 14.2. The molecule has 0 radical (unpaired) electrons. The van der Waals surface area contributed by atoms with Crippen LogP contribution < -0.4 is 21.7 Å². The second-order valence-electron chi connectivity index (χ2n) is 7.05. The Morgan fingerprint density at radius 3 is 3.00 bits per heavy atom. The van der Waals surface area contributed by atoms with E-state index >= 15 is 0 Å². The van der Waals surface area contributed by atoms with Crippen molar-refractivity contribution in [3.63, 3.8) is 0 Å². The van der Waals surface area contributed by atoms with E-state index in [0.717, 1.165) is 36.4 Å². The first-order valence-electron chi connectivity index (χ1n) is 9.40. The number of carbonyl (C=O) groups excluding carboxylic acids is 1. The van der Waals surface area contributed by atoms with Gasteiger partial charge < -0.3 is 21.7 Å². The Morgan fingerprint density at radius 1 is 1.37 bits per heavy atom. The van der Waals surface area contributed by atoms with Crippen LogP contribution in [0.1, 0.15) is 23.3 Å². The van der Waals surface area contributed by atoms with Gasteiger partial charge in [0.1, 0.15) is 15.8 Å². The van der Waals surface area contributed by atoms with Gasteiger partial charge in [-0.2, -0.15) is 0 Å². The monoisotopic (exact) mass is 446 g/mol. The molecular formula is C20H20ClFN6OS. The Labute approximate surface area is 181 Å². The van der Waals surface area contributed by atoms with Crippen LogP contribution in [0.5, 0.6) is 0 Å². The Morgan fingerprint density at radius 2 is 2.20 bits per heavy atom. The number of anilines is 3. The van der Waals surface area contributed by atoms with E-state index in [9.17, 15) is 9.18 Å². The second-order valence-corrected chi connectivity index (χ2v) is 8.52. The van der Waals surface area contributed by atoms with Crippen molar-refractivity contribution in [2.24, 2.45) is 5.73 Å².